The number of hydrogen-bond acceptors (Lipinski definition) is 1. The number of carbonyl (C=O) groups is 1. The molecule has 0 radical (unpaired) electrons. The van der Waals surface area contributed by atoms with Gasteiger partial charge in [-0.1, -0.05) is 72.3 Å². The third-order valence-electron chi connectivity index (χ3n) is 6.37. The lowest BCUT2D eigenvalue weighted by Crippen LogP contribution is -2.31. The van der Waals surface area contributed by atoms with Gasteiger partial charge in [-0.2, -0.15) is 0 Å². The number of amides is 1. The van der Waals surface area contributed by atoms with Crippen LogP contribution in [0.3, 0.4) is 0 Å². The number of carbonyl (C=O) groups excluding carboxylic acids is 1. The molecule has 1 aliphatic heterocycles. The first kappa shape index (κ1) is 19.6. The molecule has 3 heteroatoms. The van der Waals surface area contributed by atoms with E-state index in [1.807, 2.05) is 30.3 Å². The van der Waals surface area contributed by atoms with Gasteiger partial charge in [-0.25, -0.2) is 0 Å². The summed E-state index contributed by atoms with van der Waals surface area (Å²) in [7, 11) is 0. The van der Waals surface area contributed by atoms with Crippen LogP contribution < -0.4 is 0 Å². The Morgan fingerprint density at radius 1 is 0.903 bits per heavy atom. The second kappa shape index (κ2) is 8.43. The number of benzene rings is 3. The van der Waals surface area contributed by atoms with Gasteiger partial charge in [0.25, 0.3) is 0 Å². The standard InChI is InChI=1S/C28H28N2O/c1-21-14-15-27-24(17-21)25-20-29(28(31)18-22-9-4-2-5-10-22)16-8-13-26(25)30(27)19-23-11-6-3-7-12-23/h2-7,9-12,14-15,17H,8,13,16,18-20H2,1H3. The van der Waals surface area contributed by atoms with Crippen LogP contribution in [0.15, 0.2) is 78.9 Å². The van der Waals surface area contributed by atoms with Crippen molar-refractivity contribution in [2.75, 3.05) is 6.54 Å². The summed E-state index contributed by atoms with van der Waals surface area (Å²) in [6, 6.07) is 27.5. The Balaban J connectivity index is 1.52. The van der Waals surface area contributed by atoms with E-state index in [2.05, 4.69) is 64.9 Å². The van der Waals surface area contributed by atoms with Gasteiger partial charge in [-0.3, -0.25) is 4.79 Å². The zero-order valence-corrected chi connectivity index (χ0v) is 18.1. The number of nitrogens with zero attached hydrogens (tertiary/aromatic N) is 2. The normalized spacial score (nSPS) is 13.8. The van der Waals surface area contributed by atoms with E-state index in [1.165, 1.54) is 33.3 Å². The molecule has 0 saturated carbocycles. The smallest absolute Gasteiger partial charge is 0.227 e. The summed E-state index contributed by atoms with van der Waals surface area (Å²) in [5.41, 5.74) is 7.65. The zero-order valence-electron chi connectivity index (χ0n) is 18.1. The molecule has 31 heavy (non-hydrogen) atoms. The first-order valence-corrected chi connectivity index (χ1v) is 11.2. The van der Waals surface area contributed by atoms with Crippen molar-refractivity contribution < 1.29 is 4.79 Å². The predicted molar refractivity (Wildman–Crippen MR) is 126 cm³/mol. The van der Waals surface area contributed by atoms with E-state index in [0.29, 0.717) is 13.0 Å². The van der Waals surface area contributed by atoms with Crippen molar-refractivity contribution in [3.05, 3.63) is 107 Å². The van der Waals surface area contributed by atoms with Crippen LogP contribution in [-0.2, 0) is 30.7 Å². The summed E-state index contributed by atoms with van der Waals surface area (Å²) < 4.78 is 2.48. The first-order chi connectivity index (χ1) is 15.2. The lowest BCUT2D eigenvalue weighted by molar-refractivity contribution is -0.131. The number of fused-ring (bicyclic) bond motifs is 3. The molecular weight excluding hydrogens is 380 g/mol. The molecule has 0 fully saturated rings. The van der Waals surface area contributed by atoms with Gasteiger partial charge in [0, 0.05) is 41.8 Å². The van der Waals surface area contributed by atoms with Gasteiger partial charge in [0.15, 0.2) is 0 Å². The Hall–Kier alpha value is -3.33. The molecule has 1 aliphatic rings. The van der Waals surface area contributed by atoms with Crippen molar-refractivity contribution in [1.29, 1.82) is 0 Å². The molecule has 0 unspecified atom stereocenters. The molecule has 0 spiro atoms. The molecule has 0 aliphatic carbocycles. The Labute approximate surface area is 183 Å². The van der Waals surface area contributed by atoms with Gasteiger partial charge in [0.05, 0.1) is 6.42 Å². The number of hydrogen-bond donors (Lipinski definition) is 0. The summed E-state index contributed by atoms with van der Waals surface area (Å²) in [5, 5.41) is 1.30. The van der Waals surface area contributed by atoms with Crippen molar-refractivity contribution in [2.45, 2.75) is 39.3 Å². The van der Waals surface area contributed by atoms with Crippen LogP contribution in [0.5, 0.6) is 0 Å². The van der Waals surface area contributed by atoms with E-state index < -0.39 is 0 Å². The molecule has 3 aromatic carbocycles. The summed E-state index contributed by atoms with van der Waals surface area (Å²) in [4.78, 5) is 15.2. The quantitative estimate of drug-likeness (QED) is 0.437. The lowest BCUT2D eigenvalue weighted by Gasteiger charge is -2.21. The Morgan fingerprint density at radius 3 is 2.35 bits per heavy atom. The maximum absolute atomic E-state index is 13.2. The summed E-state index contributed by atoms with van der Waals surface area (Å²) >= 11 is 0. The van der Waals surface area contributed by atoms with E-state index >= 15 is 0 Å². The van der Waals surface area contributed by atoms with Crippen molar-refractivity contribution in [3.63, 3.8) is 0 Å². The molecule has 1 amide bonds. The van der Waals surface area contributed by atoms with Crippen molar-refractivity contribution in [2.24, 2.45) is 0 Å². The summed E-state index contributed by atoms with van der Waals surface area (Å²) in [6.07, 6.45) is 2.47. The second-order valence-corrected chi connectivity index (χ2v) is 8.60. The third-order valence-corrected chi connectivity index (χ3v) is 6.37. The molecule has 156 valence electrons. The van der Waals surface area contributed by atoms with Gasteiger partial charge in [0.2, 0.25) is 5.91 Å². The van der Waals surface area contributed by atoms with E-state index in [9.17, 15) is 4.79 Å². The minimum absolute atomic E-state index is 0.218. The van der Waals surface area contributed by atoms with Gasteiger partial charge in [0.1, 0.15) is 0 Å². The van der Waals surface area contributed by atoms with E-state index in [-0.39, 0.29) is 5.91 Å². The average molecular weight is 409 g/mol. The fourth-order valence-electron chi connectivity index (χ4n) is 4.80. The maximum Gasteiger partial charge on any atom is 0.227 e. The van der Waals surface area contributed by atoms with Crippen molar-refractivity contribution in [1.82, 2.24) is 9.47 Å². The third kappa shape index (κ3) is 4.00. The topological polar surface area (TPSA) is 25.2 Å². The Morgan fingerprint density at radius 2 is 1.61 bits per heavy atom. The highest BCUT2D eigenvalue weighted by molar-refractivity contribution is 5.87. The number of aromatic nitrogens is 1. The fraction of sp³-hybridized carbons (Fsp3) is 0.250. The van der Waals surface area contributed by atoms with Crippen LogP contribution in [-0.4, -0.2) is 21.9 Å². The van der Waals surface area contributed by atoms with Crippen LogP contribution in [0.4, 0.5) is 0 Å². The van der Waals surface area contributed by atoms with Crippen LogP contribution in [0.25, 0.3) is 10.9 Å². The van der Waals surface area contributed by atoms with Crippen LogP contribution in [0, 0.1) is 6.92 Å². The van der Waals surface area contributed by atoms with E-state index in [1.54, 1.807) is 0 Å². The molecule has 5 rings (SSSR count). The molecule has 2 heterocycles. The average Bonchev–Trinajstić information content (AvgIpc) is 2.93. The summed E-state index contributed by atoms with van der Waals surface area (Å²) in [6.45, 7) is 4.53. The molecule has 0 atom stereocenters. The SMILES string of the molecule is Cc1ccc2c(c1)c1c(n2Cc2ccccc2)CCCN(C(=O)Cc2ccccc2)C1. The highest BCUT2D eigenvalue weighted by Gasteiger charge is 2.25. The van der Waals surface area contributed by atoms with Gasteiger partial charge in [-0.05, 0) is 43.0 Å². The Kier molecular flexibility index (Phi) is 5.33. The summed E-state index contributed by atoms with van der Waals surface area (Å²) in [5.74, 6) is 0.218. The minimum Gasteiger partial charge on any atom is -0.340 e. The minimum atomic E-state index is 0.218. The Bertz CT molecular complexity index is 1210. The molecule has 4 aromatic rings. The number of rotatable bonds is 4. The van der Waals surface area contributed by atoms with Crippen LogP contribution >= 0.6 is 0 Å². The largest absolute Gasteiger partial charge is 0.340 e. The predicted octanol–water partition coefficient (Wildman–Crippen LogP) is 5.52. The van der Waals surface area contributed by atoms with Crippen LogP contribution in [0.1, 0.15) is 34.4 Å². The molecule has 0 N–H and O–H groups in total. The monoisotopic (exact) mass is 408 g/mol. The van der Waals surface area contributed by atoms with E-state index in [4.69, 9.17) is 0 Å². The van der Waals surface area contributed by atoms with Crippen LogP contribution in [0.2, 0.25) is 0 Å². The molecule has 0 saturated heterocycles. The van der Waals surface area contributed by atoms with Gasteiger partial charge >= 0.3 is 0 Å². The molecule has 3 nitrogen and oxygen atoms in total. The first-order valence-electron chi connectivity index (χ1n) is 11.2. The fourth-order valence-corrected chi connectivity index (χ4v) is 4.80. The maximum atomic E-state index is 13.2. The molecular formula is C28H28N2O. The molecule has 1 aromatic heterocycles. The lowest BCUT2D eigenvalue weighted by atomic mass is 10.1. The number of aryl methyl sites for hydroxylation is 1. The van der Waals surface area contributed by atoms with Crippen molar-refractivity contribution in [3.8, 4) is 0 Å². The van der Waals surface area contributed by atoms with E-state index in [0.717, 1.165) is 31.5 Å². The second-order valence-electron chi connectivity index (χ2n) is 8.60. The van der Waals surface area contributed by atoms with Crippen molar-refractivity contribution >= 4 is 16.8 Å². The molecule has 0 bridgehead atoms. The van der Waals surface area contributed by atoms with Gasteiger partial charge in [-0.15, -0.1) is 0 Å². The highest BCUT2D eigenvalue weighted by Crippen LogP contribution is 2.32. The highest BCUT2D eigenvalue weighted by atomic mass is 16.2. The zero-order chi connectivity index (χ0) is 21.2. The van der Waals surface area contributed by atoms with Gasteiger partial charge < -0.3 is 9.47 Å².